The van der Waals surface area contributed by atoms with Gasteiger partial charge in [-0.15, -0.1) is 0 Å². The van der Waals surface area contributed by atoms with Gasteiger partial charge in [-0.3, -0.25) is 4.79 Å². The predicted molar refractivity (Wildman–Crippen MR) is 109 cm³/mol. The molecule has 142 valence electrons. The SMILES string of the molecule is CC(=O)N(CC[C@@H](C)c1nc2ccc(Cl)nc2[nH]1)Cc1cc(Cl)cc(Cl)c1. The number of imidazole rings is 1. The van der Waals surface area contributed by atoms with Crippen molar-refractivity contribution < 1.29 is 4.79 Å². The highest BCUT2D eigenvalue weighted by atomic mass is 35.5. The Kier molecular flexibility index (Phi) is 6.25. The Morgan fingerprint density at radius 2 is 1.85 bits per heavy atom. The molecule has 0 bridgehead atoms. The summed E-state index contributed by atoms with van der Waals surface area (Å²) in [4.78, 5) is 25.8. The maximum Gasteiger partial charge on any atom is 0.219 e. The van der Waals surface area contributed by atoms with Crippen molar-refractivity contribution in [2.24, 2.45) is 0 Å². The number of hydrogen-bond donors (Lipinski definition) is 1. The Morgan fingerprint density at radius 1 is 1.15 bits per heavy atom. The van der Waals surface area contributed by atoms with Crippen LogP contribution in [0.25, 0.3) is 11.2 Å². The highest BCUT2D eigenvalue weighted by molar-refractivity contribution is 6.34. The normalized spacial score (nSPS) is 12.3. The lowest BCUT2D eigenvalue weighted by molar-refractivity contribution is -0.129. The first kappa shape index (κ1) is 19.9. The van der Waals surface area contributed by atoms with E-state index < -0.39 is 0 Å². The third kappa shape index (κ3) is 5.12. The maximum absolute atomic E-state index is 12.1. The van der Waals surface area contributed by atoms with Crippen LogP contribution in [-0.2, 0) is 11.3 Å². The van der Waals surface area contributed by atoms with Gasteiger partial charge in [0.1, 0.15) is 16.5 Å². The second kappa shape index (κ2) is 8.46. The molecule has 0 spiro atoms. The Morgan fingerprint density at radius 3 is 2.52 bits per heavy atom. The van der Waals surface area contributed by atoms with Crippen molar-refractivity contribution in [2.75, 3.05) is 6.54 Å². The van der Waals surface area contributed by atoms with E-state index in [-0.39, 0.29) is 11.8 Å². The molecule has 0 fully saturated rings. The molecule has 1 amide bonds. The van der Waals surface area contributed by atoms with E-state index in [9.17, 15) is 4.79 Å². The third-order valence-corrected chi connectivity index (χ3v) is 5.01. The van der Waals surface area contributed by atoms with Crippen molar-refractivity contribution in [2.45, 2.75) is 32.7 Å². The van der Waals surface area contributed by atoms with Crippen LogP contribution in [0.15, 0.2) is 30.3 Å². The van der Waals surface area contributed by atoms with Gasteiger partial charge in [-0.2, -0.15) is 0 Å². The van der Waals surface area contributed by atoms with E-state index >= 15 is 0 Å². The van der Waals surface area contributed by atoms with E-state index in [1.54, 1.807) is 24.0 Å². The van der Waals surface area contributed by atoms with Gasteiger partial charge in [0.25, 0.3) is 0 Å². The standard InChI is InChI=1S/C19H19Cl3N4O/c1-11(18-23-16-3-4-17(22)24-19(16)25-18)5-6-26(12(2)27)10-13-7-14(20)9-15(21)8-13/h3-4,7-9,11H,5-6,10H2,1-2H3,(H,23,24,25)/t11-/m1/s1. The number of nitrogens with one attached hydrogen (secondary N) is 1. The van der Waals surface area contributed by atoms with Gasteiger partial charge in [0, 0.05) is 36.0 Å². The molecular formula is C19H19Cl3N4O. The molecule has 2 aromatic heterocycles. The summed E-state index contributed by atoms with van der Waals surface area (Å²) < 4.78 is 0. The fourth-order valence-corrected chi connectivity index (χ4v) is 3.60. The minimum absolute atomic E-state index is 0.00338. The molecule has 27 heavy (non-hydrogen) atoms. The molecule has 3 aromatic rings. The summed E-state index contributed by atoms with van der Waals surface area (Å²) in [5.74, 6) is 0.952. The second-order valence-electron chi connectivity index (χ2n) is 6.53. The van der Waals surface area contributed by atoms with Gasteiger partial charge in [0.05, 0.1) is 0 Å². The van der Waals surface area contributed by atoms with Crippen LogP contribution in [0, 0.1) is 0 Å². The van der Waals surface area contributed by atoms with E-state index in [2.05, 4.69) is 21.9 Å². The number of hydrogen-bond acceptors (Lipinski definition) is 3. The topological polar surface area (TPSA) is 61.9 Å². The van der Waals surface area contributed by atoms with Crippen LogP contribution in [0.5, 0.6) is 0 Å². The third-order valence-electron chi connectivity index (χ3n) is 4.37. The van der Waals surface area contributed by atoms with Crippen LogP contribution in [0.4, 0.5) is 0 Å². The molecular weight excluding hydrogens is 407 g/mol. The van der Waals surface area contributed by atoms with Crippen molar-refractivity contribution >= 4 is 51.9 Å². The largest absolute Gasteiger partial charge is 0.339 e. The van der Waals surface area contributed by atoms with Crippen molar-refractivity contribution in [1.82, 2.24) is 19.9 Å². The summed E-state index contributed by atoms with van der Waals surface area (Å²) in [5.41, 5.74) is 2.34. The number of fused-ring (bicyclic) bond motifs is 1. The van der Waals surface area contributed by atoms with Gasteiger partial charge < -0.3 is 9.88 Å². The van der Waals surface area contributed by atoms with E-state index in [1.165, 1.54) is 0 Å². The number of nitrogens with zero attached hydrogens (tertiary/aromatic N) is 3. The van der Waals surface area contributed by atoms with E-state index in [1.807, 2.05) is 18.2 Å². The number of aromatic amines is 1. The zero-order valence-electron chi connectivity index (χ0n) is 15.0. The lowest BCUT2D eigenvalue weighted by Crippen LogP contribution is -2.30. The van der Waals surface area contributed by atoms with Crippen LogP contribution < -0.4 is 0 Å². The summed E-state index contributed by atoms with van der Waals surface area (Å²) in [7, 11) is 0. The summed E-state index contributed by atoms with van der Waals surface area (Å²) in [6.45, 7) is 4.67. The number of aromatic nitrogens is 3. The van der Waals surface area contributed by atoms with Gasteiger partial charge in [-0.25, -0.2) is 9.97 Å². The average Bonchev–Trinajstić information content (AvgIpc) is 3.00. The van der Waals surface area contributed by atoms with Gasteiger partial charge in [0.15, 0.2) is 5.65 Å². The van der Waals surface area contributed by atoms with Gasteiger partial charge >= 0.3 is 0 Å². The molecule has 8 heteroatoms. The molecule has 0 aliphatic heterocycles. The van der Waals surface area contributed by atoms with Crippen molar-refractivity contribution in [3.05, 3.63) is 56.9 Å². The van der Waals surface area contributed by atoms with Crippen LogP contribution in [0.3, 0.4) is 0 Å². The average molecular weight is 426 g/mol. The molecule has 0 radical (unpaired) electrons. The zero-order valence-corrected chi connectivity index (χ0v) is 17.2. The number of carbonyl (C=O) groups is 1. The molecule has 0 unspecified atom stereocenters. The smallest absolute Gasteiger partial charge is 0.219 e. The minimum atomic E-state index is -0.00338. The highest BCUT2D eigenvalue weighted by Gasteiger charge is 2.16. The Bertz CT molecular complexity index is 952. The Balaban J connectivity index is 1.68. The Hall–Kier alpha value is -1.82. The molecule has 1 N–H and O–H groups in total. The fraction of sp³-hybridized carbons (Fsp3) is 0.316. The van der Waals surface area contributed by atoms with E-state index in [0.29, 0.717) is 33.9 Å². The number of amides is 1. The van der Waals surface area contributed by atoms with Crippen LogP contribution in [0.2, 0.25) is 15.2 Å². The minimum Gasteiger partial charge on any atom is -0.339 e. The molecule has 0 saturated heterocycles. The maximum atomic E-state index is 12.1. The van der Waals surface area contributed by atoms with Gasteiger partial charge in [-0.05, 0) is 42.3 Å². The number of H-pyrrole nitrogens is 1. The quantitative estimate of drug-likeness (QED) is 0.533. The van der Waals surface area contributed by atoms with Crippen LogP contribution in [0.1, 0.15) is 37.6 Å². The lowest BCUT2D eigenvalue weighted by atomic mass is 10.1. The van der Waals surface area contributed by atoms with Crippen molar-refractivity contribution in [1.29, 1.82) is 0 Å². The van der Waals surface area contributed by atoms with Crippen LogP contribution in [-0.4, -0.2) is 32.3 Å². The number of carbonyl (C=O) groups excluding carboxylic acids is 1. The monoisotopic (exact) mass is 424 g/mol. The molecule has 0 aliphatic carbocycles. The molecule has 0 saturated carbocycles. The predicted octanol–water partition coefficient (Wildman–Crippen LogP) is 5.46. The van der Waals surface area contributed by atoms with Gasteiger partial charge in [0.2, 0.25) is 5.91 Å². The lowest BCUT2D eigenvalue weighted by Gasteiger charge is -2.23. The summed E-state index contributed by atoms with van der Waals surface area (Å²) >= 11 is 18.0. The zero-order chi connectivity index (χ0) is 19.6. The molecule has 0 aliphatic rings. The summed E-state index contributed by atoms with van der Waals surface area (Å²) in [6, 6.07) is 8.87. The van der Waals surface area contributed by atoms with Crippen LogP contribution >= 0.6 is 34.8 Å². The molecule has 3 rings (SSSR count). The fourth-order valence-electron chi connectivity index (χ4n) is 2.88. The van der Waals surface area contributed by atoms with Crippen molar-refractivity contribution in [3.63, 3.8) is 0 Å². The van der Waals surface area contributed by atoms with E-state index in [4.69, 9.17) is 34.8 Å². The summed E-state index contributed by atoms with van der Waals surface area (Å²) in [6.07, 6.45) is 0.751. The number of pyridine rings is 1. The first-order valence-electron chi connectivity index (χ1n) is 8.54. The molecule has 1 atom stereocenters. The van der Waals surface area contributed by atoms with E-state index in [0.717, 1.165) is 23.3 Å². The molecule has 1 aromatic carbocycles. The Labute approximate surface area is 172 Å². The molecule has 5 nitrogen and oxygen atoms in total. The second-order valence-corrected chi connectivity index (χ2v) is 7.79. The number of benzene rings is 1. The molecule has 2 heterocycles. The highest BCUT2D eigenvalue weighted by Crippen LogP contribution is 2.23. The first-order valence-corrected chi connectivity index (χ1v) is 9.68. The first-order chi connectivity index (χ1) is 12.8. The van der Waals surface area contributed by atoms with Gasteiger partial charge in [-0.1, -0.05) is 41.7 Å². The summed E-state index contributed by atoms with van der Waals surface area (Å²) in [5, 5.41) is 1.54. The number of halogens is 3. The van der Waals surface area contributed by atoms with Crippen molar-refractivity contribution in [3.8, 4) is 0 Å². The number of rotatable bonds is 6.